The van der Waals surface area contributed by atoms with Gasteiger partial charge in [0.1, 0.15) is 11.3 Å². The van der Waals surface area contributed by atoms with E-state index < -0.39 is 0 Å². The van der Waals surface area contributed by atoms with Crippen LogP contribution in [0.1, 0.15) is 19.4 Å². The second kappa shape index (κ2) is 7.67. The van der Waals surface area contributed by atoms with Gasteiger partial charge in [0.25, 0.3) is 0 Å². The number of aromatic nitrogens is 3. The van der Waals surface area contributed by atoms with Crippen LogP contribution in [-0.2, 0) is 6.54 Å². The number of benzene rings is 3. The van der Waals surface area contributed by atoms with Gasteiger partial charge in [0, 0.05) is 20.9 Å². The zero-order valence-electron chi connectivity index (χ0n) is 16.6. The quantitative estimate of drug-likeness (QED) is 0.252. The first kappa shape index (κ1) is 19.5. The van der Waals surface area contributed by atoms with Crippen molar-refractivity contribution in [3.05, 3.63) is 75.2 Å². The summed E-state index contributed by atoms with van der Waals surface area (Å²) in [6, 6.07) is 20.4. The van der Waals surface area contributed by atoms with Gasteiger partial charge in [0.05, 0.1) is 22.7 Å². The van der Waals surface area contributed by atoms with Crippen molar-refractivity contribution in [2.75, 3.05) is 0 Å². The van der Waals surface area contributed by atoms with E-state index in [0.29, 0.717) is 6.54 Å². The summed E-state index contributed by atoms with van der Waals surface area (Å²) < 4.78 is 10.0. The second-order valence-corrected chi connectivity index (χ2v) is 9.34. The van der Waals surface area contributed by atoms with Crippen LogP contribution < -0.4 is 4.74 Å². The molecule has 3 aromatic carbocycles. The zero-order valence-corrected chi connectivity index (χ0v) is 19.7. The Morgan fingerprint density at radius 2 is 1.63 bits per heavy atom. The molecule has 30 heavy (non-hydrogen) atoms. The number of para-hydroxylation sites is 2. The molecule has 150 valence electrons. The highest BCUT2D eigenvalue weighted by Gasteiger charge is 2.18. The minimum absolute atomic E-state index is 0.158. The third kappa shape index (κ3) is 3.48. The minimum atomic E-state index is 0.158. The summed E-state index contributed by atoms with van der Waals surface area (Å²) in [5.74, 6) is 0.881. The second-order valence-electron chi connectivity index (χ2n) is 7.57. The van der Waals surface area contributed by atoms with Crippen LogP contribution >= 0.6 is 31.9 Å². The van der Waals surface area contributed by atoms with Gasteiger partial charge in [-0.25, -0.2) is 9.97 Å². The molecule has 0 spiro atoms. The average Bonchev–Trinajstić information content (AvgIpc) is 3.00. The van der Waals surface area contributed by atoms with E-state index in [1.807, 2.05) is 50.2 Å². The summed E-state index contributed by atoms with van der Waals surface area (Å²) in [6.07, 6.45) is 0.158. The Hall–Kier alpha value is -2.44. The van der Waals surface area contributed by atoms with Crippen LogP contribution in [0.5, 0.6) is 5.75 Å². The van der Waals surface area contributed by atoms with Gasteiger partial charge in [-0.15, -0.1) is 0 Å². The Morgan fingerprint density at radius 1 is 0.933 bits per heavy atom. The number of halogens is 2. The number of fused-ring (bicyclic) bond motifs is 4. The molecule has 0 aliphatic carbocycles. The van der Waals surface area contributed by atoms with Gasteiger partial charge in [0.2, 0.25) is 0 Å². The van der Waals surface area contributed by atoms with E-state index in [4.69, 9.17) is 14.7 Å². The molecule has 0 aliphatic heterocycles. The molecule has 0 atom stereocenters. The maximum atomic E-state index is 5.78. The van der Waals surface area contributed by atoms with Gasteiger partial charge in [-0.3, -0.25) is 0 Å². The van der Waals surface area contributed by atoms with E-state index in [0.717, 1.165) is 47.8 Å². The van der Waals surface area contributed by atoms with E-state index in [9.17, 15) is 0 Å². The van der Waals surface area contributed by atoms with Crippen LogP contribution in [0.25, 0.3) is 33.1 Å². The monoisotopic (exact) mass is 523 g/mol. The highest BCUT2D eigenvalue weighted by Crippen LogP contribution is 2.36. The maximum absolute atomic E-state index is 5.78. The molecule has 0 amide bonds. The fraction of sp³-hybridized carbons (Fsp3) is 0.167. The molecule has 0 N–H and O–H groups in total. The normalized spacial score (nSPS) is 11.8. The minimum Gasteiger partial charge on any atom is -0.491 e. The Bertz CT molecular complexity index is 1390. The third-order valence-electron chi connectivity index (χ3n) is 5.00. The van der Waals surface area contributed by atoms with Crippen molar-refractivity contribution in [3.63, 3.8) is 0 Å². The summed E-state index contributed by atoms with van der Waals surface area (Å²) >= 11 is 7.38. The topological polar surface area (TPSA) is 39.9 Å². The zero-order chi connectivity index (χ0) is 20.8. The molecule has 2 aromatic heterocycles. The van der Waals surface area contributed by atoms with Gasteiger partial charge in [-0.2, -0.15) is 0 Å². The first-order valence-corrected chi connectivity index (χ1v) is 11.4. The molecule has 0 fully saturated rings. The Kier molecular flexibility index (Phi) is 4.99. The molecule has 0 unspecified atom stereocenters. The predicted octanol–water partition coefficient (Wildman–Crippen LogP) is 7.10. The van der Waals surface area contributed by atoms with Crippen LogP contribution in [0.4, 0.5) is 0 Å². The van der Waals surface area contributed by atoms with Crippen molar-refractivity contribution in [3.8, 4) is 5.75 Å². The summed E-state index contributed by atoms with van der Waals surface area (Å²) in [5.41, 5.74) is 5.84. The van der Waals surface area contributed by atoms with Crippen molar-refractivity contribution < 1.29 is 4.74 Å². The van der Waals surface area contributed by atoms with Gasteiger partial charge in [-0.05, 0) is 71.7 Å². The summed E-state index contributed by atoms with van der Waals surface area (Å²) in [4.78, 5) is 9.93. The molecule has 5 rings (SSSR count). The third-order valence-corrected chi connectivity index (χ3v) is 6.06. The first-order chi connectivity index (χ1) is 14.5. The van der Waals surface area contributed by atoms with E-state index in [1.54, 1.807) is 0 Å². The van der Waals surface area contributed by atoms with Crippen LogP contribution in [0.3, 0.4) is 0 Å². The lowest BCUT2D eigenvalue weighted by Gasteiger charge is -2.12. The Labute approximate surface area is 191 Å². The summed E-state index contributed by atoms with van der Waals surface area (Å²) in [5, 5.41) is 1.07. The molecule has 0 saturated carbocycles. The van der Waals surface area contributed by atoms with Gasteiger partial charge in [-0.1, -0.05) is 40.2 Å². The van der Waals surface area contributed by atoms with Crippen molar-refractivity contribution >= 4 is 65.0 Å². The number of ether oxygens (including phenoxy) is 1. The molecule has 5 aromatic rings. The molecule has 2 heterocycles. The highest BCUT2D eigenvalue weighted by atomic mass is 79.9. The van der Waals surface area contributed by atoms with Crippen LogP contribution in [-0.4, -0.2) is 20.6 Å². The smallest absolute Gasteiger partial charge is 0.160 e. The molecular formula is C24H19Br2N3O. The van der Waals surface area contributed by atoms with Gasteiger partial charge < -0.3 is 9.30 Å². The number of hydrogen-bond acceptors (Lipinski definition) is 3. The molecular weight excluding hydrogens is 506 g/mol. The summed E-state index contributed by atoms with van der Waals surface area (Å²) in [7, 11) is 0. The molecule has 0 radical (unpaired) electrons. The molecule has 4 nitrogen and oxygen atoms in total. The lowest BCUT2D eigenvalue weighted by Crippen LogP contribution is -2.06. The summed E-state index contributed by atoms with van der Waals surface area (Å²) in [6.45, 7) is 4.75. The van der Waals surface area contributed by atoms with Crippen molar-refractivity contribution in [1.29, 1.82) is 0 Å². The molecule has 6 heteroatoms. The van der Waals surface area contributed by atoms with Crippen LogP contribution in [0.15, 0.2) is 69.6 Å². The van der Waals surface area contributed by atoms with Crippen molar-refractivity contribution in [1.82, 2.24) is 14.5 Å². The lowest BCUT2D eigenvalue weighted by molar-refractivity contribution is 0.242. The fourth-order valence-electron chi connectivity index (χ4n) is 3.77. The van der Waals surface area contributed by atoms with E-state index in [-0.39, 0.29) is 6.10 Å². The molecule has 0 saturated heterocycles. The average molecular weight is 525 g/mol. The number of rotatable bonds is 4. The van der Waals surface area contributed by atoms with Crippen molar-refractivity contribution in [2.24, 2.45) is 0 Å². The predicted molar refractivity (Wildman–Crippen MR) is 129 cm³/mol. The fourth-order valence-corrected chi connectivity index (χ4v) is 5.21. The SMILES string of the molecule is CC(C)Oc1ccc(Cn2c3nc4ccccc4nc3c3cc(Br)cc(Br)c32)cc1. The maximum Gasteiger partial charge on any atom is 0.160 e. The van der Waals surface area contributed by atoms with E-state index in [2.05, 4.69) is 60.7 Å². The highest BCUT2D eigenvalue weighted by molar-refractivity contribution is 9.11. The van der Waals surface area contributed by atoms with Crippen LogP contribution in [0.2, 0.25) is 0 Å². The van der Waals surface area contributed by atoms with Gasteiger partial charge in [0.15, 0.2) is 5.65 Å². The number of nitrogens with zero attached hydrogens (tertiary/aromatic N) is 3. The van der Waals surface area contributed by atoms with Gasteiger partial charge >= 0.3 is 0 Å². The van der Waals surface area contributed by atoms with Crippen molar-refractivity contribution in [2.45, 2.75) is 26.5 Å². The van der Waals surface area contributed by atoms with Crippen LogP contribution in [0, 0.1) is 0 Å². The molecule has 0 aliphatic rings. The molecule has 0 bridgehead atoms. The Morgan fingerprint density at radius 3 is 2.33 bits per heavy atom. The number of hydrogen-bond donors (Lipinski definition) is 0. The first-order valence-electron chi connectivity index (χ1n) is 9.79. The Balaban J connectivity index is 1.72. The largest absolute Gasteiger partial charge is 0.491 e. The standard InChI is InChI=1S/C24H19Br2N3O/c1-14(2)30-17-9-7-15(8-10-17)13-29-23-18(11-16(25)12-19(23)26)22-24(29)28-21-6-4-3-5-20(21)27-22/h3-12,14H,13H2,1-2H3. The lowest BCUT2D eigenvalue weighted by atomic mass is 10.2. The van der Waals surface area contributed by atoms with E-state index in [1.165, 1.54) is 5.56 Å². The van der Waals surface area contributed by atoms with E-state index >= 15 is 0 Å².